The number of benzene rings is 1. The average molecular weight is 267 g/mol. The van der Waals surface area contributed by atoms with Gasteiger partial charge in [-0.3, -0.25) is 0 Å². The lowest BCUT2D eigenvalue weighted by Crippen LogP contribution is -2.24. The van der Waals surface area contributed by atoms with Crippen LogP contribution in [-0.4, -0.2) is 29.3 Å². The summed E-state index contributed by atoms with van der Waals surface area (Å²) in [5.41, 5.74) is 1.36. The molecule has 2 unspecified atom stereocenters. The molecule has 0 aliphatic carbocycles. The van der Waals surface area contributed by atoms with Crippen LogP contribution in [0.1, 0.15) is 38.3 Å². The number of rotatable bonds is 9. The Morgan fingerprint density at radius 1 is 1.28 bits per heavy atom. The molecule has 0 amide bonds. The maximum Gasteiger partial charge on any atom is 0.0441 e. The van der Waals surface area contributed by atoms with E-state index in [0.717, 1.165) is 25.1 Å². The van der Waals surface area contributed by atoms with Gasteiger partial charge in [-0.25, -0.2) is 0 Å². The van der Waals surface area contributed by atoms with Crippen LogP contribution < -0.4 is 5.32 Å². The quantitative estimate of drug-likeness (QED) is 0.720. The molecule has 0 aliphatic rings. The molecule has 18 heavy (non-hydrogen) atoms. The summed E-state index contributed by atoms with van der Waals surface area (Å²) in [6, 6.07) is 11.0. The van der Waals surface area contributed by atoms with Crippen molar-refractivity contribution in [2.45, 2.75) is 38.0 Å². The van der Waals surface area contributed by atoms with Gasteiger partial charge in [-0.2, -0.15) is 11.8 Å². The van der Waals surface area contributed by atoms with E-state index in [0.29, 0.717) is 11.3 Å². The minimum Gasteiger partial charge on any atom is -0.396 e. The Morgan fingerprint density at radius 2 is 2.00 bits per heavy atom. The second kappa shape index (κ2) is 9.42. The van der Waals surface area contributed by atoms with Gasteiger partial charge in [-0.1, -0.05) is 44.2 Å². The smallest absolute Gasteiger partial charge is 0.0441 e. The van der Waals surface area contributed by atoms with Gasteiger partial charge >= 0.3 is 0 Å². The zero-order valence-corrected chi connectivity index (χ0v) is 12.2. The molecular formula is C15H25NOS. The summed E-state index contributed by atoms with van der Waals surface area (Å²) in [5.74, 6) is 1.06. The molecule has 0 aromatic heterocycles. The molecule has 0 saturated heterocycles. The second-order valence-electron chi connectivity index (χ2n) is 4.57. The highest BCUT2D eigenvalue weighted by Crippen LogP contribution is 2.22. The SMILES string of the molecule is CCCNC(CSC(C)CCO)c1ccccc1. The molecule has 0 heterocycles. The van der Waals surface area contributed by atoms with Gasteiger partial charge in [0, 0.05) is 23.7 Å². The number of aliphatic hydroxyl groups is 1. The summed E-state index contributed by atoms with van der Waals surface area (Å²) >= 11 is 1.93. The number of hydrogen-bond acceptors (Lipinski definition) is 3. The van der Waals surface area contributed by atoms with Gasteiger partial charge in [-0.05, 0) is 24.9 Å². The highest BCUT2D eigenvalue weighted by molar-refractivity contribution is 7.99. The highest BCUT2D eigenvalue weighted by Gasteiger charge is 2.12. The number of hydrogen-bond donors (Lipinski definition) is 2. The van der Waals surface area contributed by atoms with Crippen molar-refractivity contribution in [1.29, 1.82) is 0 Å². The minimum absolute atomic E-state index is 0.284. The van der Waals surface area contributed by atoms with Crippen molar-refractivity contribution in [3.8, 4) is 0 Å². The Hall–Kier alpha value is -0.510. The summed E-state index contributed by atoms with van der Waals surface area (Å²) in [6.07, 6.45) is 2.03. The molecule has 1 rings (SSSR count). The fourth-order valence-electron chi connectivity index (χ4n) is 1.80. The lowest BCUT2D eigenvalue weighted by Gasteiger charge is -2.20. The predicted octanol–water partition coefficient (Wildman–Crippen LogP) is 3.23. The Bertz CT molecular complexity index is 305. The van der Waals surface area contributed by atoms with Crippen LogP contribution in [0.5, 0.6) is 0 Å². The molecule has 2 nitrogen and oxygen atoms in total. The van der Waals surface area contributed by atoms with Crippen LogP contribution in [0.2, 0.25) is 0 Å². The van der Waals surface area contributed by atoms with Gasteiger partial charge in [0.1, 0.15) is 0 Å². The molecule has 0 radical (unpaired) electrons. The molecule has 2 atom stereocenters. The van der Waals surface area contributed by atoms with Crippen LogP contribution in [0.15, 0.2) is 30.3 Å². The summed E-state index contributed by atoms with van der Waals surface area (Å²) < 4.78 is 0. The van der Waals surface area contributed by atoms with E-state index in [4.69, 9.17) is 5.11 Å². The van der Waals surface area contributed by atoms with Crippen molar-refractivity contribution in [3.05, 3.63) is 35.9 Å². The van der Waals surface area contributed by atoms with Crippen LogP contribution >= 0.6 is 11.8 Å². The van der Waals surface area contributed by atoms with E-state index < -0.39 is 0 Å². The third-order valence-electron chi connectivity index (χ3n) is 2.93. The molecule has 0 aliphatic heterocycles. The maximum atomic E-state index is 8.93. The first-order valence-electron chi connectivity index (χ1n) is 6.78. The summed E-state index contributed by atoms with van der Waals surface area (Å²) in [5, 5.41) is 13.0. The van der Waals surface area contributed by atoms with Crippen LogP contribution in [0.25, 0.3) is 0 Å². The molecule has 3 heteroatoms. The van der Waals surface area contributed by atoms with Gasteiger partial charge in [-0.15, -0.1) is 0 Å². The summed E-state index contributed by atoms with van der Waals surface area (Å²) in [7, 11) is 0. The first-order chi connectivity index (χ1) is 8.77. The van der Waals surface area contributed by atoms with E-state index in [1.807, 2.05) is 11.8 Å². The molecule has 0 fully saturated rings. The topological polar surface area (TPSA) is 32.3 Å². The van der Waals surface area contributed by atoms with Gasteiger partial charge in [0.15, 0.2) is 0 Å². The van der Waals surface area contributed by atoms with Crippen molar-refractivity contribution < 1.29 is 5.11 Å². The lowest BCUT2D eigenvalue weighted by atomic mass is 10.1. The van der Waals surface area contributed by atoms with Crippen molar-refractivity contribution in [2.24, 2.45) is 0 Å². The summed E-state index contributed by atoms with van der Waals surface area (Å²) in [4.78, 5) is 0. The third-order valence-corrected chi connectivity index (χ3v) is 4.26. The van der Waals surface area contributed by atoms with Crippen LogP contribution in [0.4, 0.5) is 0 Å². The molecule has 0 spiro atoms. The Balaban J connectivity index is 2.51. The fraction of sp³-hybridized carbons (Fsp3) is 0.600. The highest BCUT2D eigenvalue weighted by atomic mass is 32.2. The van der Waals surface area contributed by atoms with Crippen LogP contribution in [0.3, 0.4) is 0 Å². The Labute approximate surface area is 115 Å². The van der Waals surface area contributed by atoms with E-state index in [9.17, 15) is 0 Å². The molecular weight excluding hydrogens is 242 g/mol. The zero-order valence-electron chi connectivity index (χ0n) is 11.4. The van der Waals surface area contributed by atoms with Gasteiger partial charge in [0.05, 0.1) is 0 Å². The number of aliphatic hydroxyl groups excluding tert-OH is 1. The lowest BCUT2D eigenvalue weighted by molar-refractivity contribution is 0.289. The standard InChI is InChI=1S/C15H25NOS/c1-3-10-16-15(12-18-13(2)9-11-17)14-7-5-4-6-8-14/h4-8,13,15-17H,3,9-12H2,1-2H3. The van der Waals surface area contributed by atoms with E-state index in [1.54, 1.807) is 0 Å². The van der Waals surface area contributed by atoms with Crippen molar-refractivity contribution in [3.63, 3.8) is 0 Å². The first-order valence-corrected chi connectivity index (χ1v) is 7.83. The number of thioether (sulfide) groups is 1. The molecule has 1 aromatic rings. The van der Waals surface area contributed by atoms with Gasteiger partial charge in [0.25, 0.3) is 0 Å². The average Bonchev–Trinajstić information content (AvgIpc) is 2.40. The predicted molar refractivity (Wildman–Crippen MR) is 81.1 cm³/mol. The van der Waals surface area contributed by atoms with E-state index in [-0.39, 0.29) is 6.61 Å². The zero-order chi connectivity index (χ0) is 13.2. The molecule has 2 N–H and O–H groups in total. The van der Waals surface area contributed by atoms with Crippen molar-refractivity contribution in [2.75, 3.05) is 18.9 Å². The number of nitrogens with one attached hydrogen (secondary N) is 1. The normalized spacial score (nSPS) is 14.4. The molecule has 0 bridgehead atoms. The third kappa shape index (κ3) is 5.89. The molecule has 1 aromatic carbocycles. The maximum absolute atomic E-state index is 8.93. The van der Waals surface area contributed by atoms with Crippen molar-refractivity contribution in [1.82, 2.24) is 5.32 Å². The fourth-order valence-corrected chi connectivity index (χ4v) is 2.91. The van der Waals surface area contributed by atoms with E-state index in [1.165, 1.54) is 5.56 Å². The minimum atomic E-state index is 0.284. The van der Waals surface area contributed by atoms with Crippen LogP contribution in [-0.2, 0) is 0 Å². The summed E-state index contributed by atoms with van der Waals surface area (Å²) in [6.45, 7) is 5.71. The van der Waals surface area contributed by atoms with Gasteiger partial charge in [0.2, 0.25) is 0 Å². The van der Waals surface area contributed by atoms with Crippen LogP contribution in [0, 0.1) is 0 Å². The largest absolute Gasteiger partial charge is 0.396 e. The van der Waals surface area contributed by atoms with E-state index in [2.05, 4.69) is 49.5 Å². The Kier molecular flexibility index (Phi) is 8.14. The molecule has 102 valence electrons. The van der Waals surface area contributed by atoms with Gasteiger partial charge < -0.3 is 10.4 Å². The Morgan fingerprint density at radius 3 is 2.61 bits per heavy atom. The monoisotopic (exact) mass is 267 g/mol. The van der Waals surface area contributed by atoms with E-state index >= 15 is 0 Å². The second-order valence-corrected chi connectivity index (χ2v) is 6.05. The molecule has 0 saturated carbocycles. The van der Waals surface area contributed by atoms with Crippen molar-refractivity contribution >= 4 is 11.8 Å². The first kappa shape index (κ1) is 15.5.